The molecule has 350 valence electrons. The van der Waals surface area contributed by atoms with E-state index >= 15 is 4.57 Å². The van der Waals surface area contributed by atoms with E-state index in [-0.39, 0.29) is 45.3 Å². The Morgan fingerprint density at radius 3 is 2.15 bits per heavy atom. The number of methoxy groups -OCH3 is 1. The van der Waals surface area contributed by atoms with Crippen LogP contribution >= 0.6 is 7.80 Å². The zero-order valence-electron chi connectivity index (χ0n) is 36.9. The second-order valence-electron chi connectivity index (χ2n) is 16.7. The fourth-order valence-electron chi connectivity index (χ4n) is 8.52. The van der Waals surface area contributed by atoms with E-state index in [1.165, 1.54) is 7.11 Å². The number of rotatable bonds is 23. The third-order valence-corrected chi connectivity index (χ3v) is 14.7. The van der Waals surface area contributed by atoms with Crippen molar-refractivity contribution in [2.75, 3.05) is 26.1 Å². The number of aliphatic hydroxyl groups is 1. The van der Waals surface area contributed by atoms with E-state index in [2.05, 4.69) is 25.7 Å². The van der Waals surface area contributed by atoms with Gasteiger partial charge in [0, 0.05) is 30.1 Å². The van der Waals surface area contributed by atoms with Crippen LogP contribution in [-0.2, 0) is 46.7 Å². The molecule has 5 atom stereocenters. The number of fused-ring (bicyclic) bond motifs is 1. The molecule has 7 N–H and O–H groups in total. The highest BCUT2D eigenvalue weighted by Crippen LogP contribution is 2.54. The number of carbonyl (C=O) groups is 4. The molecule has 3 amide bonds. The molecule has 1 fully saturated rings. The van der Waals surface area contributed by atoms with Gasteiger partial charge < -0.3 is 35.3 Å². The third kappa shape index (κ3) is 12.8. The summed E-state index contributed by atoms with van der Waals surface area (Å²) in [6.07, 6.45) is 3.51. The van der Waals surface area contributed by atoms with E-state index in [1.54, 1.807) is 60.8 Å². The number of unbranched alkanes of at least 4 members (excludes halogenated alkanes) is 1. The second kappa shape index (κ2) is 22.4. The number of aromatic nitrogens is 1. The number of ether oxygens (including phenoxy) is 2. The predicted molar refractivity (Wildman–Crippen MR) is 250 cm³/mol. The van der Waals surface area contributed by atoms with E-state index in [0.717, 1.165) is 22.7 Å². The number of carboxylic acids is 1. The second-order valence-corrected chi connectivity index (χ2v) is 20.2. The Hall–Kier alpha value is -6.13. The van der Waals surface area contributed by atoms with E-state index < -0.39 is 76.7 Å². The number of para-hydroxylation sites is 1. The molecule has 0 aliphatic heterocycles. The molecule has 1 unspecified atom stereocenters. The Morgan fingerprint density at radius 1 is 0.864 bits per heavy atom. The largest absolute Gasteiger partial charge is 0.497 e. The van der Waals surface area contributed by atoms with Gasteiger partial charge in [-0.05, 0) is 72.6 Å². The van der Waals surface area contributed by atoms with E-state index in [4.69, 9.17) is 9.47 Å². The van der Waals surface area contributed by atoms with E-state index in [1.807, 2.05) is 54.6 Å². The van der Waals surface area contributed by atoms with Crippen molar-refractivity contribution in [2.45, 2.75) is 81.4 Å². The van der Waals surface area contributed by atoms with Crippen LogP contribution in [0.3, 0.4) is 0 Å². The van der Waals surface area contributed by atoms with Crippen LogP contribution in [-0.4, -0.2) is 91.1 Å². The van der Waals surface area contributed by atoms with Crippen molar-refractivity contribution in [1.29, 1.82) is 0 Å². The maximum absolute atomic E-state index is 15.4. The number of hydrogen-bond acceptors (Lipinski definition) is 10. The minimum atomic E-state index is -4.03. The van der Waals surface area contributed by atoms with Gasteiger partial charge in [-0.15, -0.1) is 0 Å². The predicted octanol–water partition coefficient (Wildman–Crippen LogP) is 6.29. The number of H-pyrrole nitrogens is 1. The van der Waals surface area contributed by atoms with Gasteiger partial charge in [0.2, 0.25) is 21.8 Å². The monoisotopic (exact) mass is 942 g/mol. The molecule has 66 heavy (non-hydrogen) atoms. The number of aromatic amines is 1. The average Bonchev–Trinajstić information content (AvgIpc) is 3.96. The fraction of sp³-hybridized carbons (Fsp3) is 0.375. The number of hydrogen-bond donors (Lipinski definition) is 7. The summed E-state index contributed by atoms with van der Waals surface area (Å²) in [6.45, 7) is 0.220. The highest BCUT2D eigenvalue weighted by Gasteiger charge is 2.61. The van der Waals surface area contributed by atoms with E-state index in [9.17, 15) is 37.8 Å². The smallest absolute Gasteiger partial charge is 0.407 e. The maximum Gasteiger partial charge on any atom is 0.407 e. The van der Waals surface area contributed by atoms with E-state index in [0.29, 0.717) is 41.7 Å². The molecule has 0 spiro atoms. The fourth-order valence-corrected chi connectivity index (χ4v) is 11.3. The summed E-state index contributed by atoms with van der Waals surface area (Å²) in [5.74, 6) is -3.63. The molecule has 0 saturated heterocycles. The Balaban J connectivity index is 1.27. The minimum absolute atomic E-state index is 0.0377. The lowest BCUT2D eigenvalue weighted by molar-refractivity contribution is -0.143. The number of sulfonamides is 1. The van der Waals surface area contributed by atoms with Crippen LogP contribution in [0.25, 0.3) is 10.9 Å². The Kier molecular flexibility index (Phi) is 16.7. The summed E-state index contributed by atoms with van der Waals surface area (Å²) in [4.78, 5) is 57.2. The summed E-state index contributed by atoms with van der Waals surface area (Å²) >= 11 is 0. The Morgan fingerprint density at radius 2 is 1.50 bits per heavy atom. The molecular formula is C48H57N5O11PS+. The molecule has 0 bridgehead atoms. The summed E-state index contributed by atoms with van der Waals surface area (Å²) in [6, 6.07) is 28.9. The van der Waals surface area contributed by atoms with Gasteiger partial charge in [-0.1, -0.05) is 108 Å². The van der Waals surface area contributed by atoms with Crippen molar-refractivity contribution in [3.8, 4) is 5.75 Å². The van der Waals surface area contributed by atoms with Crippen molar-refractivity contribution in [3.05, 3.63) is 138 Å². The first-order valence-electron chi connectivity index (χ1n) is 21.8. The Labute approximate surface area is 385 Å². The highest BCUT2D eigenvalue weighted by molar-refractivity contribution is 7.88. The summed E-state index contributed by atoms with van der Waals surface area (Å²) in [7, 11) is -5.61. The number of aliphatic carboxylic acids is 1. The van der Waals surface area contributed by atoms with Crippen molar-refractivity contribution in [1.82, 2.24) is 25.7 Å². The molecule has 1 aliphatic rings. The minimum Gasteiger partial charge on any atom is -0.497 e. The zero-order chi connectivity index (χ0) is 47.3. The number of nitrogens with one attached hydrogen (secondary N) is 5. The molecule has 5 aromatic rings. The molecular weight excluding hydrogens is 886 g/mol. The lowest BCUT2D eigenvalue weighted by Crippen LogP contribution is -2.57. The van der Waals surface area contributed by atoms with Gasteiger partial charge in [0.25, 0.3) is 0 Å². The number of benzene rings is 4. The molecule has 6 rings (SSSR count). The van der Waals surface area contributed by atoms with Crippen molar-refractivity contribution >= 4 is 52.6 Å². The molecule has 18 heteroatoms. The number of amides is 3. The standard InChI is InChI=1S/C48H56N5O11PS/c1-63-37-24-22-35(23-25-37)42(34-17-7-4-8-18-34)48(59,52-43(54)40(53-66(2,61)62)21-11-14-28-49-46(58)64-31-33-15-5-3-6-16-33)65(60)32-47(26-12-13-27-47)45(57)51-41(44(55)56)29-36-30-50-39-20-10-9-19-38(36)39/h3-10,15-20,22-25,30,40-42,50,53,59H,11-14,21,26-29,31-32H2,1-2H3,(H3-,49,51,52,54,55,56,57,58)/p+1/t40-,41-,42-,48+/m0/s1. The zero-order valence-corrected chi connectivity index (χ0v) is 38.6. The topological polar surface area (TPSA) is 242 Å². The first-order valence-corrected chi connectivity index (χ1v) is 25.1. The van der Waals surface area contributed by atoms with Gasteiger partial charge in [-0.3, -0.25) is 14.9 Å². The molecule has 1 aromatic heterocycles. The summed E-state index contributed by atoms with van der Waals surface area (Å²) in [5, 5.41) is 32.3. The van der Waals surface area contributed by atoms with Crippen molar-refractivity contribution in [2.24, 2.45) is 5.41 Å². The highest BCUT2D eigenvalue weighted by atomic mass is 32.2. The first-order chi connectivity index (χ1) is 31.6. The molecule has 1 aliphatic carbocycles. The van der Waals surface area contributed by atoms with Crippen molar-refractivity contribution in [3.63, 3.8) is 0 Å². The van der Waals surface area contributed by atoms with Crippen LogP contribution in [0, 0.1) is 5.41 Å². The maximum atomic E-state index is 15.4. The molecule has 1 saturated carbocycles. The molecule has 4 aromatic carbocycles. The van der Waals surface area contributed by atoms with Crippen LogP contribution in [0.2, 0.25) is 0 Å². The van der Waals surface area contributed by atoms with Gasteiger partial charge in [-0.2, -0.15) is 0 Å². The summed E-state index contributed by atoms with van der Waals surface area (Å²) < 4.78 is 53.8. The lowest BCUT2D eigenvalue weighted by atomic mass is 9.86. The lowest BCUT2D eigenvalue weighted by Gasteiger charge is -2.33. The van der Waals surface area contributed by atoms with Gasteiger partial charge >= 0.3 is 25.3 Å². The van der Waals surface area contributed by atoms with Gasteiger partial charge in [0.05, 0.1) is 18.8 Å². The van der Waals surface area contributed by atoms with Crippen LogP contribution in [0.15, 0.2) is 115 Å². The van der Waals surface area contributed by atoms with Crippen LogP contribution in [0.5, 0.6) is 5.75 Å². The first kappa shape index (κ1) is 49.3. The normalized spacial score (nSPS) is 16.0. The third-order valence-electron chi connectivity index (χ3n) is 11.9. The SMILES string of the molecule is COc1ccc([C@H](c2ccccc2)[C@](O)(NC(=O)[C@H](CCCCNC(=O)OCc2ccccc2)NS(C)(=O)=O)[P+](=O)CC2(C(=O)N[C@@H](Cc3c[nH]c4ccccc34)C(=O)O)CCCC2)cc1. The number of carbonyl (C=O) groups excluding carboxylic acids is 3. The molecule has 0 radical (unpaired) electrons. The van der Waals surface area contributed by atoms with Gasteiger partial charge in [-0.25, -0.2) is 22.7 Å². The van der Waals surface area contributed by atoms with Crippen LogP contribution in [0.1, 0.15) is 73.1 Å². The number of alkyl carbamates (subject to hydrolysis) is 1. The van der Waals surface area contributed by atoms with Crippen LogP contribution in [0.4, 0.5) is 4.79 Å². The van der Waals surface area contributed by atoms with Gasteiger partial charge in [0.1, 0.15) is 30.4 Å². The summed E-state index contributed by atoms with van der Waals surface area (Å²) in [5.41, 5.74) is -0.899. The number of carboxylic acid groups (broad SMARTS) is 1. The van der Waals surface area contributed by atoms with Crippen molar-refractivity contribution < 1.29 is 51.8 Å². The quantitative estimate of drug-likeness (QED) is 0.0218. The van der Waals surface area contributed by atoms with Crippen LogP contribution < -0.4 is 25.4 Å². The molecule has 1 heterocycles. The molecule has 16 nitrogen and oxygen atoms in total. The Bertz CT molecular complexity index is 2570. The van der Waals surface area contributed by atoms with Gasteiger partial charge in [0.15, 0.2) is 6.16 Å². The average molecular weight is 943 g/mol.